The summed E-state index contributed by atoms with van der Waals surface area (Å²) in [5.74, 6) is 1.21. The van der Waals surface area contributed by atoms with E-state index < -0.39 is 0 Å². The number of hydrogen-bond donors (Lipinski definition) is 0. The minimum absolute atomic E-state index is 0.557. The van der Waals surface area contributed by atoms with Gasteiger partial charge in [-0.3, -0.25) is 4.90 Å². The molecule has 18 heavy (non-hydrogen) atoms. The Balaban J connectivity index is 2.50. The number of hydrogen-bond acceptors (Lipinski definition) is 3. The van der Waals surface area contributed by atoms with Crippen LogP contribution in [0, 0.1) is 0 Å². The van der Waals surface area contributed by atoms with E-state index >= 15 is 0 Å². The van der Waals surface area contributed by atoms with Crippen LogP contribution in [0.4, 0.5) is 0 Å². The third kappa shape index (κ3) is 6.43. The van der Waals surface area contributed by atoms with Gasteiger partial charge in [0.15, 0.2) is 0 Å². The van der Waals surface area contributed by atoms with Gasteiger partial charge in [0.25, 0.3) is 0 Å². The number of rotatable bonds is 8. The Morgan fingerprint density at radius 1 is 1.44 bits per heavy atom. The highest BCUT2D eigenvalue weighted by atomic mass is 35.5. The molecule has 4 heteroatoms. The molecule has 1 aromatic rings. The lowest BCUT2D eigenvalue weighted by atomic mass is 10.2. The molecular weight excluding hydrogens is 264 g/mol. The maximum Gasteiger partial charge on any atom is 0.129 e. The maximum atomic E-state index is 5.80. The summed E-state index contributed by atoms with van der Waals surface area (Å²) in [5, 5.41) is 0.557. The molecule has 0 saturated carbocycles. The van der Waals surface area contributed by atoms with Crippen LogP contribution in [0.5, 0.6) is 0 Å². The molecule has 0 unspecified atom stereocenters. The van der Waals surface area contributed by atoms with E-state index in [-0.39, 0.29) is 0 Å². The highest BCUT2D eigenvalue weighted by molar-refractivity contribution is 7.98. The predicted molar refractivity (Wildman–Crippen MR) is 82.3 cm³/mol. The third-order valence-electron chi connectivity index (χ3n) is 2.62. The van der Waals surface area contributed by atoms with E-state index in [9.17, 15) is 0 Å². The minimum atomic E-state index is 0.557. The topological polar surface area (TPSA) is 16.1 Å². The van der Waals surface area contributed by atoms with Gasteiger partial charge in [0.2, 0.25) is 0 Å². The van der Waals surface area contributed by atoms with E-state index in [4.69, 9.17) is 11.6 Å². The SMILES string of the molecule is C/C=C\CN(CCCSC)Cc1ccc(Cl)nc1. The predicted octanol–water partition coefficient (Wildman–Crippen LogP) is 3.87. The molecule has 0 bridgehead atoms. The van der Waals surface area contributed by atoms with Crippen LogP contribution in [0.2, 0.25) is 5.15 Å². The number of nitrogens with zero attached hydrogens (tertiary/aromatic N) is 2. The van der Waals surface area contributed by atoms with Crippen molar-refractivity contribution in [2.45, 2.75) is 19.9 Å². The molecule has 1 heterocycles. The van der Waals surface area contributed by atoms with Crippen LogP contribution < -0.4 is 0 Å². The highest BCUT2D eigenvalue weighted by Crippen LogP contribution is 2.09. The van der Waals surface area contributed by atoms with Crippen molar-refractivity contribution >= 4 is 23.4 Å². The molecular formula is C14H21ClN2S. The summed E-state index contributed by atoms with van der Waals surface area (Å²) in [6.45, 7) is 5.11. The van der Waals surface area contributed by atoms with Gasteiger partial charge in [0.05, 0.1) is 0 Å². The first kappa shape index (κ1) is 15.5. The monoisotopic (exact) mass is 284 g/mol. The first-order valence-electron chi connectivity index (χ1n) is 6.19. The van der Waals surface area contributed by atoms with Crippen LogP contribution in [-0.2, 0) is 6.54 Å². The molecule has 1 aromatic heterocycles. The first-order chi connectivity index (χ1) is 8.76. The van der Waals surface area contributed by atoms with Crippen molar-refractivity contribution in [3.05, 3.63) is 41.2 Å². The second-order valence-electron chi connectivity index (χ2n) is 4.14. The van der Waals surface area contributed by atoms with Crippen molar-refractivity contribution in [2.75, 3.05) is 25.1 Å². The summed E-state index contributed by atoms with van der Waals surface area (Å²) in [6.07, 6.45) is 9.53. The van der Waals surface area contributed by atoms with E-state index in [2.05, 4.69) is 35.2 Å². The molecule has 0 fully saturated rings. The normalized spacial score (nSPS) is 11.6. The van der Waals surface area contributed by atoms with Crippen molar-refractivity contribution in [2.24, 2.45) is 0 Å². The Bertz CT molecular complexity index is 351. The van der Waals surface area contributed by atoms with E-state index in [0.29, 0.717) is 5.15 Å². The largest absolute Gasteiger partial charge is 0.295 e. The summed E-state index contributed by atoms with van der Waals surface area (Å²) in [4.78, 5) is 6.56. The molecule has 0 saturated heterocycles. The average molecular weight is 285 g/mol. The standard InChI is InChI=1S/C14H21ClN2S/c1-3-4-8-17(9-5-10-18-2)12-13-6-7-14(15)16-11-13/h3-4,6-7,11H,5,8-10,12H2,1-2H3/b4-3-. The maximum absolute atomic E-state index is 5.80. The summed E-state index contributed by atoms with van der Waals surface area (Å²) in [6, 6.07) is 3.90. The Labute approximate surface area is 119 Å². The number of pyridine rings is 1. The van der Waals surface area contributed by atoms with Crippen molar-refractivity contribution in [1.82, 2.24) is 9.88 Å². The number of allylic oxidation sites excluding steroid dienone is 1. The molecule has 100 valence electrons. The van der Waals surface area contributed by atoms with Gasteiger partial charge < -0.3 is 0 Å². The zero-order chi connectivity index (χ0) is 13.2. The number of halogens is 1. The van der Waals surface area contributed by atoms with Crippen LogP contribution in [0.1, 0.15) is 18.9 Å². The second kappa shape index (κ2) is 9.42. The fourth-order valence-electron chi connectivity index (χ4n) is 1.68. The van der Waals surface area contributed by atoms with Crippen LogP contribution in [-0.4, -0.2) is 35.0 Å². The molecule has 0 aliphatic rings. The van der Waals surface area contributed by atoms with Crippen LogP contribution in [0.15, 0.2) is 30.5 Å². The highest BCUT2D eigenvalue weighted by Gasteiger charge is 2.04. The smallest absolute Gasteiger partial charge is 0.129 e. The van der Waals surface area contributed by atoms with Gasteiger partial charge in [-0.2, -0.15) is 11.8 Å². The van der Waals surface area contributed by atoms with Gasteiger partial charge in [-0.1, -0.05) is 29.8 Å². The van der Waals surface area contributed by atoms with Crippen molar-refractivity contribution in [3.63, 3.8) is 0 Å². The molecule has 0 atom stereocenters. The zero-order valence-corrected chi connectivity index (χ0v) is 12.7. The van der Waals surface area contributed by atoms with Gasteiger partial charge in [-0.05, 0) is 43.5 Å². The lowest BCUT2D eigenvalue weighted by Crippen LogP contribution is -2.25. The molecule has 0 radical (unpaired) electrons. The Kier molecular flexibility index (Phi) is 8.14. The third-order valence-corrected chi connectivity index (χ3v) is 3.54. The molecule has 0 N–H and O–H groups in total. The van der Waals surface area contributed by atoms with Gasteiger partial charge in [0.1, 0.15) is 5.15 Å². The summed E-state index contributed by atoms with van der Waals surface area (Å²) in [5.41, 5.74) is 1.22. The van der Waals surface area contributed by atoms with Gasteiger partial charge in [0, 0.05) is 19.3 Å². The Hall–Kier alpha value is -0.510. The van der Waals surface area contributed by atoms with Gasteiger partial charge in [-0.25, -0.2) is 4.98 Å². The summed E-state index contributed by atoms with van der Waals surface area (Å²) >= 11 is 7.70. The van der Waals surface area contributed by atoms with E-state index in [0.717, 1.165) is 19.6 Å². The van der Waals surface area contributed by atoms with Crippen molar-refractivity contribution in [3.8, 4) is 0 Å². The quantitative estimate of drug-likeness (QED) is 0.410. The van der Waals surface area contributed by atoms with Crippen molar-refractivity contribution < 1.29 is 0 Å². The first-order valence-corrected chi connectivity index (χ1v) is 7.96. The molecule has 0 amide bonds. The van der Waals surface area contributed by atoms with Gasteiger partial charge in [-0.15, -0.1) is 0 Å². The van der Waals surface area contributed by atoms with E-state index in [1.54, 1.807) is 0 Å². The molecule has 0 aliphatic heterocycles. The fraction of sp³-hybridized carbons (Fsp3) is 0.500. The second-order valence-corrected chi connectivity index (χ2v) is 5.51. The zero-order valence-electron chi connectivity index (χ0n) is 11.1. The lowest BCUT2D eigenvalue weighted by Gasteiger charge is -2.20. The fourth-order valence-corrected chi connectivity index (χ4v) is 2.21. The van der Waals surface area contributed by atoms with E-state index in [1.807, 2.05) is 30.1 Å². The molecule has 1 rings (SSSR count). The van der Waals surface area contributed by atoms with Crippen LogP contribution in [0.3, 0.4) is 0 Å². The lowest BCUT2D eigenvalue weighted by molar-refractivity contribution is 0.295. The molecule has 2 nitrogen and oxygen atoms in total. The summed E-state index contributed by atoms with van der Waals surface area (Å²) in [7, 11) is 0. The molecule has 0 spiro atoms. The van der Waals surface area contributed by atoms with Crippen LogP contribution >= 0.6 is 23.4 Å². The van der Waals surface area contributed by atoms with Crippen LogP contribution in [0.25, 0.3) is 0 Å². The Morgan fingerprint density at radius 2 is 2.28 bits per heavy atom. The number of thioether (sulfide) groups is 1. The van der Waals surface area contributed by atoms with Gasteiger partial charge >= 0.3 is 0 Å². The summed E-state index contributed by atoms with van der Waals surface area (Å²) < 4.78 is 0. The van der Waals surface area contributed by atoms with Crippen molar-refractivity contribution in [1.29, 1.82) is 0 Å². The van der Waals surface area contributed by atoms with E-state index in [1.165, 1.54) is 17.7 Å². The minimum Gasteiger partial charge on any atom is -0.295 e. The number of aromatic nitrogens is 1. The Morgan fingerprint density at radius 3 is 2.89 bits per heavy atom. The average Bonchev–Trinajstić information content (AvgIpc) is 2.38. The molecule has 0 aromatic carbocycles. The molecule has 0 aliphatic carbocycles.